The molecule has 0 unspecified atom stereocenters. The first-order valence-corrected chi connectivity index (χ1v) is 8.62. The minimum absolute atomic E-state index is 0.153. The third-order valence-electron chi connectivity index (χ3n) is 4.76. The Morgan fingerprint density at radius 1 is 1.37 bits per heavy atom. The number of amides is 2. The number of rotatable bonds is 4. The summed E-state index contributed by atoms with van der Waals surface area (Å²) >= 11 is 0. The van der Waals surface area contributed by atoms with E-state index < -0.39 is 24.5 Å². The second-order valence-electron chi connectivity index (χ2n) is 6.48. The molecule has 2 aliphatic heterocycles. The molecule has 9 heteroatoms. The molecular weight excluding hydrogens is 360 g/mol. The van der Waals surface area contributed by atoms with Gasteiger partial charge < -0.3 is 14.9 Å². The van der Waals surface area contributed by atoms with Gasteiger partial charge in [0, 0.05) is 23.9 Å². The van der Waals surface area contributed by atoms with E-state index in [-0.39, 0.29) is 13.1 Å². The second-order valence-corrected chi connectivity index (χ2v) is 6.48. The van der Waals surface area contributed by atoms with Crippen LogP contribution in [0.4, 0.5) is 13.6 Å². The van der Waals surface area contributed by atoms with Crippen molar-refractivity contribution in [3.63, 3.8) is 0 Å². The van der Waals surface area contributed by atoms with Gasteiger partial charge in [0.05, 0.1) is 13.1 Å². The van der Waals surface area contributed by atoms with Crippen LogP contribution in [0.5, 0.6) is 0 Å². The molecule has 0 aromatic heterocycles. The van der Waals surface area contributed by atoms with Crippen LogP contribution in [0.15, 0.2) is 51.6 Å². The molecule has 0 bridgehead atoms. The molecule has 1 atom stereocenters. The maximum Gasteiger partial charge on any atom is 0.414 e. The van der Waals surface area contributed by atoms with Gasteiger partial charge in [-0.05, 0) is 36.1 Å². The number of oxime groups is 1. The number of hydrogen-bond donors (Lipinski definition) is 1. The second kappa shape index (κ2) is 6.98. The summed E-state index contributed by atoms with van der Waals surface area (Å²) in [6, 6.07) is 0. The van der Waals surface area contributed by atoms with Crippen LogP contribution in [-0.2, 0) is 14.4 Å². The number of cyclic esters (lactones) is 1. The first-order chi connectivity index (χ1) is 13.0. The Labute approximate surface area is 153 Å². The summed E-state index contributed by atoms with van der Waals surface area (Å²) in [6.45, 7) is 0.0276. The summed E-state index contributed by atoms with van der Waals surface area (Å²) in [5, 5.41) is 5.90. The van der Waals surface area contributed by atoms with Crippen LogP contribution in [-0.4, -0.2) is 48.7 Å². The van der Waals surface area contributed by atoms with E-state index in [1.54, 1.807) is 6.21 Å². The highest BCUT2D eigenvalue weighted by atomic mass is 19.3. The van der Waals surface area contributed by atoms with Crippen LogP contribution in [0.2, 0.25) is 0 Å². The van der Waals surface area contributed by atoms with Crippen LogP contribution >= 0.6 is 0 Å². The van der Waals surface area contributed by atoms with Gasteiger partial charge in [-0.1, -0.05) is 11.2 Å². The molecule has 1 N–H and O–H groups in total. The molecule has 0 spiro atoms. The maximum absolute atomic E-state index is 12.3. The van der Waals surface area contributed by atoms with E-state index in [1.807, 2.05) is 18.2 Å². The van der Waals surface area contributed by atoms with Crippen LogP contribution in [0, 0.1) is 0 Å². The van der Waals surface area contributed by atoms with Crippen molar-refractivity contribution < 1.29 is 27.9 Å². The average Bonchev–Trinajstić information content (AvgIpc) is 3.12. The number of hydrogen-bond acceptors (Lipinski definition) is 5. The van der Waals surface area contributed by atoms with E-state index in [1.165, 1.54) is 10.5 Å². The quantitative estimate of drug-likeness (QED) is 0.816. The predicted octanol–water partition coefficient (Wildman–Crippen LogP) is 2.39. The summed E-state index contributed by atoms with van der Waals surface area (Å²) in [5.74, 6) is -0.643. The standard InChI is InChI=1S/C18H17F2N3O4/c19-16(20)17(24)21-8-12-9-23(18(25)26-12)11-2-1-3-13-10(6-11)7-15-14(13)4-5-22-27-15/h2,5-7,12,16H,1,3-4,8-9H2,(H,21,24)/t12-/m0/s1. The minimum Gasteiger partial charge on any atom is -0.442 e. The number of allylic oxidation sites excluding steroid dienone is 6. The van der Waals surface area contributed by atoms with E-state index in [2.05, 4.69) is 10.5 Å². The van der Waals surface area contributed by atoms with Crippen molar-refractivity contribution in [2.75, 3.05) is 13.1 Å². The van der Waals surface area contributed by atoms with Gasteiger partial charge in [0.15, 0.2) is 5.76 Å². The highest BCUT2D eigenvalue weighted by Crippen LogP contribution is 2.40. The molecule has 2 heterocycles. The molecule has 0 aromatic rings. The summed E-state index contributed by atoms with van der Waals surface area (Å²) in [5.41, 5.74) is 3.94. The molecule has 142 valence electrons. The number of carbonyl (C=O) groups is 2. The summed E-state index contributed by atoms with van der Waals surface area (Å²) in [7, 11) is 0. The fourth-order valence-corrected chi connectivity index (χ4v) is 3.49. The number of carbonyl (C=O) groups excluding carboxylic acids is 2. The Bertz CT molecular complexity index is 842. The number of ether oxygens (including phenoxy) is 1. The molecule has 1 fully saturated rings. The van der Waals surface area contributed by atoms with Crippen molar-refractivity contribution in [3.8, 4) is 0 Å². The SMILES string of the molecule is O=C(NC[C@H]1CN(C2=CCCC3=C4CC=NOC4=CC3=C2)C(=O)O1)C(F)F. The van der Waals surface area contributed by atoms with Crippen LogP contribution in [0.1, 0.15) is 19.3 Å². The van der Waals surface area contributed by atoms with Gasteiger partial charge in [0.2, 0.25) is 0 Å². The van der Waals surface area contributed by atoms with Crippen molar-refractivity contribution >= 4 is 18.2 Å². The Morgan fingerprint density at radius 3 is 3.04 bits per heavy atom. The zero-order valence-corrected chi connectivity index (χ0v) is 14.3. The molecule has 4 aliphatic rings. The van der Waals surface area contributed by atoms with Crippen molar-refractivity contribution in [1.29, 1.82) is 0 Å². The van der Waals surface area contributed by atoms with E-state index in [0.717, 1.165) is 29.7 Å². The van der Waals surface area contributed by atoms with E-state index in [9.17, 15) is 18.4 Å². The number of alkyl halides is 2. The van der Waals surface area contributed by atoms with Crippen molar-refractivity contribution in [2.24, 2.45) is 5.16 Å². The van der Waals surface area contributed by atoms with Crippen LogP contribution in [0.25, 0.3) is 0 Å². The lowest BCUT2D eigenvalue weighted by molar-refractivity contribution is -0.132. The summed E-state index contributed by atoms with van der Waals surface area (Å²) in [4.78, 5) is 30.0. The van der Waals surface area contributed by atoms with Crippen molar-refractivity contribution in [2.45, 2.75) is 31.8 Å². The van der Waals surface area contributed by atoms with Gasteiger partial charge >= 0.3 is 12.5 Å². The normalized spacial score (nSPS) is 23.8. The van der Waals surface area contributed by atoms with Gasteiger partial charge in [-0.3, -0.25) is 9.69 Å². The maximum atomic E-state index is 12.3. The molecule has 0 saturated carbocycles. The topological polar surface area (TPSA) is 80.2 Å². The molecule has 0 radical (unpaired) electrons. The lowest BCUT2D eigenvalue weighted by atomic mass is 10.0. The van der Waals surface area contributed by atoms with E-state index >= 15 is 0 Å². The lowest BCUT2D eigenvalue weighted by Gasteiger charge is -2.14. The lowest BCUT2D eigenvalue weighted by Crippen LogP contribution is -2.37. The molecule has 4 rings (SSSR count). The number of fused-ring (bicyclic) bond motifs is 2. The Balaban J connectivity index is 1.48. The average molecular weight is 377 g/mol. The summed E-state index contributed by atoms with van der Waals surface area (Å²) < 4.78 is 29.7. The van der Waals surface area contributed by atoms with Gasteiger partial charge in [-0.15, -0.1) is 0 Å². The minimum atomic E-state index is -3.09. The zero-order chi connectivity index (χ0) is 19.0. The summed E-state index contributed by atoms with van der Waals surface area (Å²) in [6.07, 6.45) is 5.41. The number of nitrogens with one attached hydrogen (secondary N) is 1. The molecule has 2 amide bonds. The van der Waals surface area contributed by atoms with Gasteiger partial charge in [0.25, 0.3) is 5.91 Å². The Kier molecular flexibility index (Phi) is 4.51. The number of halogens is 2. The first-order valence-electron chi connectivity index (χ1n) is 8.62. The third-order valence-corrected chi connectivity index (χ3v) is 4.76. The van der Waals surface area contributed by atoms with Crippen LogP contribution in [0.3, 0.4) is 0 Å². The smallest absolute Gasteiger partial charge is 0.414 e. The van der Waals surface area contributed by atoms with Gasteiger partial charge in [0.1, 0.15) is 6.10 Å². The highest BCUT2D eigenvalue weighted by Gasteiger charge is 2.35. The van der Waals surface area contributed by atoms with Crippen molar-refractivity contribution in [3.05, 3.63) is 46.4 Å². The largest absolute Gasteiger partial charge is 0.442 e. The fourth-order valence-electron chi connectivity index (χ4n) is 3.49. The van der Waals surface area contributed by atoms with Crippen LogP contribution < -0.4 is 5.32 Å². The molecule has 0 aromatic carbocycles. The Hall–Kier alpha value is -2.97. The van der Waals surface area contributed by atoms with Gasteiger partial charge in [-0.25, -0.2) is 4.79 Å². The molecular formula is C18H17F2N3O4. The first kappa shape index (κ1) is 17.4. The monoisotopic (exact) mass is 377 g/mol. The Morgan fingerprint density at radius 2 is 2.22 bits per heavy atom. The molecule has 1 saturated heterocycles. The van der Waals surface area contributed by atoms with Gasteiger partial charge in [-0.2, -0.15) is 8.78 Å². The third kappa shape index (κ3) is 3.36. The molecule has 7 nitrogen and oxygen atoms in total. The van der Waals surface area contributed by atoms with E-state index in [4.69, 9.17) is 9.57 Å². The fraction of sp³-hybridized carbons (Fsp3) is 0.389. The molecule has 27 heavy (non-hydrogen) atoms. The zero-order valence-electron chi connectivity index (χ0n) is 14.3. The predicted molar refractivity (Wildman–Crippen MR) is 90.7 cm³/mol. The van der Waals surface area contributed by atoms with E-state index in [0.29, 0.717) is 12.1 Å². The number of nitrogens with zero attached hydrogens (tertiary/aromatic N) is 2. The molecule has 2 aliphatic carbocycles. The highest BCUT2D eigenvalue weighted by molar-refractivity contribution is 5.79. The van der Waals surface area contributed by atoms with Crippen molar-refractivity contribution in [1.82, 2.24) is 10.2 Å².